The van der Waals surface area contributed by atoms with Gasteiger partial charge in [0, 0.05) is 27.9 Å². The second-order valence-corrected chi connectivity index (χ2v) is 8.32. The van der Waals surface area contributed by atoms with Gasteiger partial charge in [-0.05, 0) is 53.9 Å². The van der Waals surface area contributed by atoms with E-state index < -0.39 is 4.92 Å². The lowest BCUT2D eigenvalue weighted by molar-refractivity contribution is -0.385. The summed E-state index contributed by atoms with van der Waals surface area (Å²) in [5.74, 6) is -0.0287. The van der Waals surface area contributed by atoms with Crippen LogP contribution >= 0.6 is 22.7 Å². The molecule has 1 atom stereocenters. The minimum Gasteiger partial charge on any atom is -0.487 e. The molecule has 28 heavy (non-hydrogen) atoms. The first kappa shape index (κ1) is 18.6. The molecule has 144 valence electrons. The number of hydrogen-bond donors (Lipinski definition) is 0. The second kappa shape index (κ2) is 7.73. The number of nitro groups is 1. The van der Waals surface area contributed by atoms with Crippen LogP contribution in [0.5, 0.6) is 5.75 Å². The average molecular weight is 415 g/mol. The standard InChI is InChI=1S/C20H18N2O4S2/c1-2-26-16-6-5-13(12-15(16)22(24)25)20(23)21-9-7-17-14(8-11-28-17)19(21)18-4-3-10-27-18/h3-6,8,10-12,19H,2,7,9H2,1H3. The van der Waals surface area contributed by atoms with Crippen LogP contribution in [0.3, 0.4) is 0 Å². The molecule has 6 nitrogen and oxygen atoms in total. The molecule has 1 aromatic carbocycles. The summed E-state index contributed by atoms with van der Waals surface area (Å²) in [5.41, 5.74) is 1.26. The summed E-state index contributed by atoms with van der Waals surface area (Å²) in [7, 11) is 0. The fourth-order valence-corrected chi connectivity index (χ4v) is 5.28. The van der Waals surface area contributed by atoms with Gasteiger partial charge in [-0.25, -0.2) is 0 Å². The Morgan fingerprint density at radius 3 is 2.86 bits per heavy atom. The van der Waals surface area contributed by atoms with Crippen molar-refractivity contribution in [3.05, 3.63) is 78.2 Å². The molecule has 1 aliphatic rings. The van der Waals surface area contributed by atoms with Gasteiger partial charge in [0.15, 0.2) is 5.75 Å². The Labute approximate surface area is 170 Å². The van der Waals surface area contributed by atoms with Gasteiger partial charge in [-0.2, -0.15) is 0 Å². The number of benzene rings is 1. The first-order valence-corrected chi connectivity index (χ1v) is 10.7. The fraction of sp³-hybridized carbons (Fsp3) is 0.250. The van der Waals surface area contributed by atoms with Crippen molar-refractivity contribution < 1.29 is 14.5 Å². The number of ether oxygens (including phenoxy) is 1. The third-order valence-electron chi connectivity index (χ3n) is 4.74. The molecule has 0 aliphatic carbocycles. The summed E-state index contributed by atoms with van der Waals surface area (Å²) in [6, 6.07) is 10.4. The number of fused-ring (bicyclic) bond motifs is 1. The highest BCUT2D eigenvalue weighted by molar-refractivity contribution is 7.10. The molecule has 0 saturated heterocycles. The van der Waals surface area contributed by atoms with Crippen molar-refractivity contribution in [1.82, 2.24) is 4.90 Å². The van der Waals surface area contributed by atoms with E-state index in [9.17, 15) is 14.9 Å². The zero-order valence-electron chi connectivity index (χ0n) is 15.2. The molecule has 0 fully saturated rings. The van der Waals surface area contributed by atoms with Gasteiger partial charge in [0.2, 0.25) is 0 Å². The molecule has 0 N–H and O–H groups in total. The van der Waals surface area contributed by atoms with Crippen LogP contribution in [-0.2, 0) is 6.42 Å². The van der Waals surface area contributed by atoms with Gasteiger partial charge in [-0.15, -0.1) is 22.7 Å². The number of amides is 1. The molecule has 0 saturated carbocycles. The molecular formula is C20H18N2O4S2. The van der Waals surface area contributed by atoms with Crippen molar-refractivity contribution in [2.24, 2.45) is 0 Å². The van der Waals surface area contributed by atoms with E-state index in [4.69, 9.17) is 4.74 Å². The quantitative estimate of drug-likeness (QED) is 0.439. The van der Waals surface area contributed by atoms with E-state index in [0.717, 1.165) is 16.9 Å². The van der Waals surface area contributed by atoms with Crippen LogP contribution in [0.4, 0.5) is 5.69 Å². The SMILES string of the molecule is CCOc1ccc(C(=O)N2CCc3sccc3C2c2cccs2)cc1[N+](=O)[O-]. The molecule has 3 aromatic rings. The van der Waals surface area contributed by atoms with Crippen LogP contribution in [0, 0.1) is 10.1 Å². The van der Waals surface area contributed by atoms with E-state index in [1.807, 2.05) is 22.4 Å². The van der Waals surface area contributed by atoms with Gasteiger partial charge < -0.3 is 9.64 Å². The Balaban J connectivity index is 1.73. The molecule has 8 heteroatoms. The number of carbonyl (C=O) groups excluding carboxylic acids is 1. The van der Waals surface area contributed by atoms with Gasteiger partial charge in [0.1, 0.15) is 0 Å². The predicted octanol–water partition coefficient (Wildman–Crippen LogP) is 4.90. The predicted molar refractivity (Wildman–Crippen MR) is 109 cm³/mol. The maximum Gasteiger partial charge on any atom is 0.311 e. The molecule has 2 aromatic heterocycles. The van der Waals surface area contributed by atoms with E-state index in [1.54, 1.807) is 35.7 Å². The summed E-state index contributed by atoms with van der Waals surface area (Å²) in [4.78, 5) is 28.5. The lowest BCUT2D eigenvalue weighted by Gasteiger charge is -2.35. The highest BCUT2D eigenvalue weighted by atomic mass is 32.1. The second-order valence-electron chi connectivity index (χ2n) is 6.34. The Morgan fingerprint density at radius 2 is 2.14 bits per heavy atom. The van der Waals surface area contributed by atoms with E-state index in [0.29, 0.717) is 18.7 Å². The minimum absolute atomic E-state index is 0.159. The van der Waals surface area contributed by atoms with Crippen molar-refractivity contribution in [2.75, 3.05) is 13.2 Å². The van der Waals surface area contributed by atoms with Crippen LogP contribution in [-0.4, -0.2) is 28.9 Å². The van der Waals surface area contributed by atoms with Crippen molar-refractivity contribution in [2.45, 2.75) is 19.4 Å². The van der Waals surface area contributed by atoms with Gasteiger partial charge in [0.25, 0.3) is 5.91 Å². The summed E-state index contributed by atoms with van der Waals surface area (Å²) in [6.45, 7) is 2.66. The number of hydrogen-bond acceptors (Lipinski definition) is 6. The highest BCUT2D eigenvalue weighted by Gasteiger charge is 2.34. The molecule has 1 unspecified atom stereocenters. The zero-order chi connectivity index (χ0) is 19.7. The number of carbonyl (C=O) groups is 1. The van der Waals surface area contributed by atoms with Crippen molar-refractivity contribution >= 4 is 34.3 Å². The third kappa shape index (κ3) is 3.29. The maximum absolute atomic E-state index is 13.4. The average Bonchev–Trinajstić information content (AvgIpc) is 3.38. The summed E-state index contributed by atoms with van der Waals surface area (Å²) in [6.07, 6.45) is 0.791. The summed E-state index contributed by atoms with van der Waals surface area (Å²) in [5, 5.41) is 15.5. The number of nitrogens with zero attached hydrogens (tertiary/aromatic N) is 2. The third-order valence-corrected chi connectivity index (χ3v) is 6.66. The zero-order valence-corrected chi connectivity index (χ0v) is 16.8. The first-order chi connectivity index (χ1) is 13.6. The molecule has 0 spiro atoms. The van der Waals surface area contributed by atoms with Crippen molar-refractivity contribution in [1.29, 1.82) is 0 Å². The maximum atomic E-state index is 13.4. The van der Waals surface area contributed by atoms with Gasteiger partial charge in [0.05, 0.1) is 17.6 Å². The fourth-order valence-electron chi connectivity index (χ4n) is 3.53. The molecular weight excluding hydrogens is 396 g/mol. The highest BCUT2D eigenvalue weighted by Crippen LogP contribution is 2.40. The van der Waals surface area contributed by atoms with Crippen LogP contribution in [0.25, 0.3) is 0 Å². The minimum atomic E-state index is -0.508. The van der Waals surface area contributed by atoms with Gasteiger partial charge in [-0.1, -0.05) is 6.07 Å². The monoisotopic (exact) mass is 414 g/mol. The lowest BCUT2D eigenvalue weighted by atomic mass is 9.97. The van der Waals surface area contributed by atoms with Crippen molar-refractivity contribution in [3.63, 3.8) is 0 Å². The molecule has 0 bridgehead atoms. The van der Waals surface area contributed by atoms with E-state index in [1.165, 1.54) is 17.0 Å². The molecule has 0 radical (unpaired) electrons. The summed E-state index contributed by atoms with van der Waals surface area (Å²) >= 11 is 3.32. The Kier molecular flexibility index (Phi) is 5.15. The first-order valence-electron chi connectivity index (χ1n) is 8.92. The van der Waals surface area contributed by atoms with Gasteiger partial charge in [-0.3, -0.25) is 14.9 Å². The van der Waals surface area contributed by atoms with E-state index in [2.05, 4.69) is 11.4 Å². The van der Waals surface area contributed by atoms with E-state index >= 15 is 0 Å². The topological polar surface area (TPSA) is 72.7 Å². The van der Waals surface area contributed by atoms with Crippen LogP contribution in [0.1, 0.15) is 38.6 Å². The number of thiophene rings is 2. The molecule has 1 amide bonds. The van der Waals surface area contributed by atoms with Crippen LogP contribution in [0.15, 0.2) is 47.2 Å². The van der Waals surface area contributed by atoms with Crippen molar-refractivity contribution in [3.8, 4) is 5.75 Å². The Hall–Kier alpha value is -2.71. The normalized spacial score (nSPS) is 15.9. The van der Waals surface area contributed by atoms with Gasteiger partial charge >= 0.3 is 5.69 Å². The lowest BCUT2D eigenvalue weighted by Crippen LogP contribution is -2.39. The molecule has 3 heterocycles. The summed E-state index contributed by atoms with van der Waals surface area (Å²) < 4.78 is 5.33. The smallest absolute Gasteiger partial charge is 0.311 e. The van der Waals surface area contributed by atoms with Crippen LogP contribution in [0.2, 0.25) is 0 Å². The largest absolute Gasteiger partial charge is 0.487 e. The van der Waals surface area contributed by atoms with Crippen LogP contribution < -0.4 is 4.74 Å². The Morgan fingerprint density at radius 1 is 1.29 bits per heavy atom. The number of nitro benzene ring substituents is 1. The molecule has 4 rings (SSSR count). The Bertz CT molecular complexity index is 1010. The number of rotatable bonds is 5. The molecule has 1 aliphatic heterocycles. The van der Waals surface area contributed by atoms with E-state index in [-0.39, 0.29) is 23.4 Å².